The van der Waals surface area contributed by atoms with Gasteiger partial charge in [-0.25, -0.2) is 0 Å². The number of hydrogen-bond acceptors (Lipinski definition) is 4. The predicted molar refractivity (Wildman–Crippen MR) is 80.3 cm³/mol. The van der Waals surface area contributed by atoms with Crippen LogP contribution in [0.4, 0.5) is 0 Å². The third-order valence-corrected chi connectivity index (χ3v) is 4.67. The van der Waals surface area contributed by atoms with Gasteiger partial charge in [0.15, 0.2) is 0 Å². The van der Waals surface area contributed by atoms with Crippen molar-refractivity contribution in [2.75, 3.05) is 0 Å². The van der Waals surface area contributed by atoms with E-state index in [4.69, 9.17) is 0 Å². The van der Waals surface area contributed by atoms with E-state index in [1.165, 1.54) is 24.3 Å². The van der Waals surface area contributed by atoms with Crippen LogP contribution in [0.15, 0.2) is 24.3 Å². The Morgan fingerprint density at radius 3 is 1.32 bits per heavy atom. The second-order valence-corrected chi connectivity index (χ2v) is 8.00. The summed E-state index contributed by atoms with van der Waals surface area (Å²) in [6, 6.07) is 4.84. The molecule has 2 heterocycles. The van der Waals surface area contributed by atoms with E-state index in [0.29, 0.717) is 11.4 Å². The van der Waals surface area contributed by atoms with Crippen molar-refractivity contribution in [3.63, 3.8) is 0 Å². The minimum absolute atomic E-state index is 0.136. The molecule has 0 spiro atoms. The lowest BCUT2D eigenvalue weighted by Gasteiger charge is -2.10. The average molecular weight is 344 g/mol. The summed E-state index contributed by atoms with van der Waals surface area (Å²) in [7, 11) is -8.94. The topological polar surface area (TPSA) is 141 Å². The molecule has 0 aliphatic heterocycles. The molecule has 0 bridgehead atoms. The molecule has 10 heteroatoms. The number of rotatable bonds is 3. The largest absolute Gasteiger partial charge is 0.356 e. The maximum atomic E-state index is 11.4. The highest BCUT2D eigenvalue weighted by atomic mass is 31.2. The van der Waals surface area contributed by atoms with Crippen LogP contribution < -0.4 is 10.6 Å². The van der Waals surface area contributed by atoms with Gasteiger partial charge in [0, 0.05) is 11.4 Å². The molecule has 0 radical (unpaired) electrons. The molecule has 0 amide bonds. The number of aromatic nitrogens is 2. The third kappa shape index (κ3) is 3.87. The first kappa shape index (κ1) is 17.0. The van der Waals surface area contributed by atoms with E-state index in [-0.39, 0.29) is 22.0 Å². The Morgan fingerprint density at radius 1 is 0.727 bits per heavy atom. The van der Waals surface area contributed by atoms with Gasteiger partial charge in [-0.2, -0.15) is 0 Å². The van der Waals surface area contributed by atoms with Gasteiger partial charge in [-0.1, -0.05) is 0 Å². The van der Waals surface area contributed by atoms with Crippen LogP contribution in [0.2, 0.25) is 0 Å². The molecule has 8 nitrogen and oxygen atoms in total. The molecule has 2 aromatic heterocycles. The minimum atomic E-state index is -4.47. The van der Waals surface area contributed by atoms with Crippen molar-refractivity contribution < 1.29 is 28.7 Å². The summed E-state index contributed by atoms with van der Waals surface area (Å²) < 4.78 is 22.8. The molecule has 0 aliphatic carbocycles. The summed E-state index contributed by atoms with van der Waals surface area (Å²) in [6.07, 6.45) is 0. The molecule has 118 valence electrons. The average Bonchev–Trinajstić information content (AvgIpc) is 2.35. The van der Waals surface area contributed by atoms with Crippen LogP contribution in [0.25, 0.3) is 11.4 Å². The Morgan fingerprint density at radius 2 is 1.05 bits per heavy atom. The van der Waals surface area contributed by atoms with E-state index in [1.807, 2.05) is 0 Å². The molecule has 0 unspecified atom stereocenters. The molecule has 2 rings (SSSR count). The molecule has 2 aromatic rings. The molecule has 0 atom stereocenters. The van der Waals surface area contributed by atoms with Crippen molar-refractivity contribution in [2.45, 2.75) is 13.8 Å². The first-order valence-corrected chi connectivity index (χ1v) is 9.29. The van der Waals surface area contributed by atoms with Crippen molar-refractivity contribution in [3.05, 3.63) is 35.7 Å². The maximum absolute atomic E-state index is 11.4. The van der Waals surface area contributed by atoms with Crippen LogP contribution in [0.3, 0.4) is 0 Å². The Kier molecular flexibility index (Phi) is 4.37. The first-order chi connectivity index (χ1) is 9.96. The standard InChI is InChI=1S/C12H14N2O6P2/c1-7-3-9(21(15,16)17)5-11(13-7)12-6-10(22(18,19)20)4-8(2)14-12/h3-6H,1-2H3,(H2,15,16,17)(H2,18,19,20). The summed E-state index contributed by atoms with van der Waals surface area (Å²) >= 11 is 0. The Hall–Kier alpha value is -1.40. The van der Waals surface area contributed by atoms with E-state index in [2.05, 4.69) is 9.97 Å². The smallest absolute Gasteiger partial charge is 0.321 e. The van der Waals surface area contributed by atoms with E-state index < -0.39 is 15.2 Å². The zero-order valence-electron chi connectivity index (χ0n) is 11.7. The quantitative estimate of drug-likeness (QED) is 0.585. The predicted octanol–water partition coefficient (Wildman–Crippen LogP) is 0.366. The fourth-order valence-corrected chi connectivity index (χ4v) is 3.19. The third-order valence-electron chi connectivity index (χ3n) is 2.81. The van der Waals surface area contributed by atoms with Crippen molar-refractivity contribution in [3.8, 4) is 11.4 Å². The van der Waals surface area contributed by atoms with Gasteiger partial charge >= 0.3 is 15.2 Å². The molecule has 4 N–H and O–H groups in total. The van der Waals surface area contributed by atoms with Crippen molar-refractivity contribution >= 4 is 25.8 Å². The van der Waals surface area contributed by atoms with Crippen LogP contribution in [0, 0.1) is 13.8 Å². The van der Waals surface area contributed by atoms with Crippen LogP contribution in [0.1, 0.15) is 11.4 Å². The zero-order chi connectivity index (χ0) is 16.7. The van der Waals surface area contributed by atoms with Gasteiger partial charge < -0.3 is 19.6 Å². The SMILES string of the molecule is Cc1cc(P(=O)(O)O)cc(-c2cc(P(=O)(O)O)cc(C)n2)n1. The molecular weight excluding hydrogens is 330 g/mol. The highest BCUT2D eigenvalue weighted by Gasteiger charge is 2.22. The summed E-state index contributed by atoms with van der Waals surface area (Å²) in [5.41, 5.74) is 0.988. The summed E-state index contributed by atoms with van der Waals surface area (Å²) in [5.74, 6) is 0. The zero-order valence-corrected chi connectivity index (χ0v) is 13.5. The summed E-state index contributed by atoms with van der Waals surface area (Å²) in [6.45, 7) is 3.12. The Balaban J connectivity index is 2.67. The second-order valence-electron chi connectivity index (χ2n) is 4.79. The van der Waals surface area contributed by atoms with Crippen molar-refractivity contribution in [1.82, 2.24) is 9.97 Å². The number of pyridine rings is 2. The lowest BCUT2D eigenvalue weighted by Crippen LogP contribution is -2.10. The van der Waals surface area contributed by atoms with Gasteiger partial charge in [-0.3, -0.25) is 19.1 Å². The van der Waals surface area contributed by atoms with Crippen LogP contribution in [0.5, 0.6) is 0 Å². The minimum Gasteiger partial charge on any atom is -0.321 e. The molecule has 0 saturated heterocycles. The Bertz CT molecular complexity index is 757. The van der Waals surface area contributed by atoms with Gasteiger partial charge in [-0.15, -0.1) is 0 Å². The molecule has 0 aliphatic rings. The van der Waals surface area contributed by atoms with E-state index in [9.17, 15) is 28.7 Å². The monoisotopic (exact) mass is 344 g/mol. The van der Waals surface area contributed by atoms with Gasteiger partial charge in [0.2, 0.25) is 0 Å². The van der Waals surface area contributed by atoms with Crippen LogP contribution in [-0.2, 0) is 9.13 Å². The maximum Gasteiger partial charge on any atom is 0.356 e. The second kappa shape index (κ2) is 5.66. The van der Waals surface area contributed by atoms with E-state index >= 15 is 0 Å². The first-order valence-electron chi connectivity index (χ1n) is 6.07. The fourth-order valence-electron chi connectivity index (χ4n) is 1.90. The van der Waals surface area contributed by atoms with Gasteiger partial charge in [0.05, 0.1) is 22.0 Å². The molecular formula is C12H14N2O6P2. The number of aryl methyl sites for hydroxylation is 2. The van der Waals surface area contributed by atoms with E-state index in [0.717, 1.165) is 0 Å². The van der Waals surface area contributed by atoms with Crippen molar-refractivity contribution in [1.29, 1.82) is 0 Å². The molecule has 0 aromatic carbocycles. The lowest BCUT2D eigenvalue weighted by atomic mass is 10.2. The van der Waals surface area contributed by atoms with Crippen LogP contribution >= 0.6 is 15.2 Å². The molecule has 0 fully saturated rings. The van der Waals surface area contributed by atoms with Gasteiger partial charge in [-0.05, 0) is 38.1 Å². The lowest BCUT2D eigenvalue weighted by molar-refractivity contribution is 0.385. The molecule has 0 saturated carbocycles. The summed E-state index contributed by atoms with van der Waals surface area (Å²) in [5, 5.41) is -0.452. The summed E-state index contributed by atoms with van der Waals surface area (Å²) in [4.78, 5) is 45.3. The Labute approximate surface area is 126 Å². The van der Waals surface area contributed by atoms with Crippen LogP contribution in [-0.4, -0.2) is 29.5 Å². The van der Waals surface area contributed by atoms with Gasteiger partial charge in [0.25, 0.3) is 0 Å². The van der Waals surface area contributed by atoms with Gasteiger partial charge in [0.1, 0.15) is 0 Å². The highest BCUT2D eigenvalue weighted by molar-refractivity contribution is 7.60. The number of nitrogens with zero attached hydrogens (tertiary/aromatic N) is 2. The van der Waals surface area contributed by atoms with Crippen molar-refractivity contribution in [2.24, 2.45) is 0 Å². The number of hydrogen-bond donors (Lipinski definition) is 4. The normalized spacial score (nSPS) is 12.5. The van der Waals surface area contributed by atoms with E-state index in [1.54, 1.807) is 13.8 Å². The fraction of sp³-hybridized carbons (Fsp3) is 0.167. The molecule has 22 heavy (non-hydrogen) atoms. The highest BCUT2D eigenvalue weighted by Crippen LogP contribution is 2.36.